The van der Waals surface area contributed by atoms with E-state index in [0.717, 1.165) is 0 Å². The first-order chi connectivity index (χ1) is 25.7. The zero-order valence-electron chi connectivity index (χ0n) is 32.7. The number of phenolic OH excluding ortho intramolecular Hbond substituents is 1. The molecule has 0 saturated heterocycles. The van der Waals surface area contributed by atoms with Crippen LogP contribution in [0.2, 0.25) is 16.6 Å². The number of Topliss-reactive ketones (excluding diaryl/α,β-unsaturated/α-hetero) is 1. The summed E-state index contributed by atoms with van der Waals surface area (Å²) in [6.45, 7) is 15.1. The zero-order valence-corrected chi connectivity index (χ0v) is 33.7. The molecule has 15 nitrogen and oxygen atoms in total. The van der Waals surface area contributed by atoms with Crippen molar-refractivity contribution < 1.29 is 48.5 Å². The Labute approximate surface area is 322 Å². The Bertz CT molecular complexity index is 1810. The van der Waals surface area contributed by atoms with Gasteiger partial charge in [-0.3, -0.25) is 28.8 Å². The van der Waals surface area contributed by atoms with Gasteiger partial charge in [0.15, 0.2) is 13.9 Å². The quantitative estimate of drug-likeness (QED) is 0.115. The highest BCUT2D eigenvalue weighted by atomic mass is 28.4. The molecule has 0 spiro atoms. The molecule has 9 N–H and O–H groups in total. The number of aliphatic hydroxyl groups is 2. The number of amides is 5. The normalized spacial score (nSPS) is 23.6. The lowest BCUT2D eigenvalue weighted by Crippen LogP contribution is -2.63. The number of ketones is 1. The topological polar surface area (TPSA) is 246 Å². The molecular formula is C39H55N5O10Si. The first-order valence-electron chi connectivity index (χ1n) is 18.8. The molecule has 0 radical (unpaired) electrons. The number of rotatable bonds is 12. The summed E-state index contributed by atoms with van der Waals surface area (Å²) in [5.41, 5.74) is 3.97. The van der Waals surface area contributed by atoms with Gasteiger partial charge >= 0.3 is 0 Å². The van der Waals surface area contributed by atoms with Crippen LogP contribution in [-0.4, -0.2) is 89.8 Å². The Morgan fingerprint density at radius 1 is 0.964 bits per heavy atom. The van der Waals surface area contributed by atoms with Crippen molar-refractivity contribution in [1.82, 2.24) is 16.0 Å². The first-order valence-corrected chi connectivity index (χ1v) is 20.9. The van der Waals surface area contributed by atoms with Crippen molar-refractivity contribution in [2.24, 2.45) is 11.7 Å². The number of nitrogens with two attached hydrogens (primary N) is 1. The van der Waals surface area contributed by atoms with Crippen molar-refractivity contribution in [3.8, 4) is 16.9 Å². The van der Waals surface area contributed by atoms with Crippen LogP contribution < -0.4 is 27.0 Å². The molecule has 0 aliphatic carbocycles. The summed E-state index contributed by atoms with van der Waals surface area (Å²) < 4.78 is 6.75. The Balaban J connectivity index is 1.94. The van der Waals surface area contributed by atoms with Gasteiger partial charge in [0.1, 0.15) is 23.9 Å². The van der Waals surface area contributed by atoms with E-state index in [9.17, 15) is 44.1 Å². The molecule has 2 heterocycles. The van der Waals surface area contributed by atoms with Gasteiger partial charge in [0, 0.05) is 29.0 Å². The Hall–Kier alpha value is -4.64. The fourth-order valence-corrected chi connectivity index (χ4v) is 13.5. The first kappa shape index (κ1) is 43.1. The van der Waals surface area contributed by atoms with Crippen molar-refractivity contribution in [2.45, 2.75) is 121 Å². The van der Waals surface area contributed by atoms with E-state index in [2.05, 4.69) is 21.3 Å². The second-order valence-corrected chi connectivity index (χ2v) is 21.1. The maximum atomic E-state index is 14.1. The number of carbonyl (C=O) groups is 6. The standard InChI is InChI=1S/C39H55N5O10Si/c1-9-22(8)33(47)37(51)42-27-16-23-13-14-30(45)25(15-23)24-11-10-12-26-32(24)44-38(52)39(26,53)34(48)29(18-54-55(19(2)3,20(4)5)21(6)7)43-36(50)28(17-31(40)46)41-35(27)49/h10-15,19-22,27-29,34,45,48,53H,9,16-18H2,1-8H3,(H2,40,46)(H,41,49)(H,42,51)(H,43,50)(H,44,52)/t22?,27-,28-,29+,34+,39-/m0/s1. The largest absolute Gasteiger partial charge is 0.507 e. The molecule has 2 aromatic carbocycles. The molecule has 6 atom stereocenters. The van der Waals surface area contributed by atoms with Crippen LogP contribution in [-0.2, 0) is 45.2 Å². The van der Waals surface area contributed by atoms with Crippen molar-refractivity contribution in [3.05, 3.63) is 47.5 Å². The Morgan fingerprint density at radius 2 is 1.60 bits per heavy atom. The van der Waals surface area contributed by atoms with Gasteiger partial charge in [-0.2, -0.15) is 0 Å². The molecule has 0 aromatic heterocycles. The monoisotopic (exact) mass is 781 g/mol. The Kier molecular flexibility index (Phi) is 13.3. The van der Waals surface area contributed by atoms with Crippen molar-refractivity contribution in [1.29, 1.82) is 0 Å². The number of aliphatic hydroxyl groups excluding tert-OH is 1. The van der Waals surface area contributed by atoms with Crippen LogP contribution in [0.4, 0.5) is 5.69 Å². The second kappa shape index (κ2) is 17.0. The fourth-order valence-electron chi connectivity index (χ4n) is 8.07. The number of aromatic hydroxyl groups is 1. The van der Waals surface area contributed by atoms with Crippen LogP contribution in [0, 0.1) is 5.92 Å². The van der Waals surface area contributed by atoms with E-state index >= 15 is 0 Å². The van der Waals surface area contributed by atoms with Crippen molar-refractivity contribution in [3.63, 3.8) is 0 Å². The average Bonchev–Trinajstić information content (AvgIpc) is 3.39. The second-order valence-electron chi connectivity index (χ2n) is 15.6. The third-order valence-electron chi connectivity index (χ3n) is 11.2. The molecule has 0 fully saturated rings. The SMILES string of the molecule is CCC(C)C(=O)C(=O)N[C@H]1Cc2ccc(O)c(c2)-c2cccc3c2NC(=O)[C@@]3(O)[C@H](O)[C@@H](CO[Si](C(C)C)(C(C)C)C(C)C)NC(=O)[C@H](CC(N)=O)NC1=O. The number of fused-ring (bicyclic) bond motifs is 3. The van der Waals surface area contributed by atoms with Gasteiger partial charge in [-0.1, -0.05) is 79.7 Å². The lowest BCUT2D eigenvalue weighted by molar-refractivity contribution is -0.153. The lowest BCUT2D eigenvalue weighted by Gasteiger charge is -2.44. The van der Waals surface area contributed by atoms with Crippen LogP contribution in [0.25, 0.3) is 11.1 Å². The molecule has 2 aliphatic heterocycles. The minimum absolute atomic E-state index is 0.0329. The van der Waals surface area contributed by atoms with E-state index in [1.165, 1.54) is 30.3 Å². The summed E-state index contributed by atoms with van der Waals surface area (Å²) in [6, 6.07) is 4.27. The molecule has 4 rings (SSSR count). The van der Waals surface area contributed by atoms with Gasteiger partial charge in [-0.05, 0) is 40.7 Å². The summed E-state index contributed by atoms with van der Waals surface area (Å²) in [7, 11) is -2.71. The van der Waals surface area contributed by atoms with Crippen molar-refractivity contribution >= 4 is 49.3 Å². The van der Waals surface area contributed by atoms with Crippen LogP contribution in [0.5, 0.6) is 5.75 Å². The van der Waals surface area contributed by atoms with E-state index in [1.807, 2.05) is 41.5 Å². The number of primary amides is 1. The third-order valence-corrected chi connectivity index (χ3v) is 17.2. The van der Waals surface area contributed by atoms with Crippen molar-refractivity contribution in [2.75, 3.05) is 11.9 Å². The highest BCUT2D eigenvalue weighted by molar-refractivity contribution is 6.77. The summed E-state index contributed by atoms with van der Waals surface area (Å²) in [6.07, 6.45) is -2.64. The summed E-state index contributed by atoms with van der Waals surface area (Å²) >= 11 is 0. The Morgan fingerprint density at radius 3 is 2.18 bits per heavy atom. The number of para-hydroxylation sites is 1. The molecular weight excluding hydrogens is 727 g/mol. The maximum absolute atomic E-state index is 14.1. The summed E-state index contributed by atoms with van der Waals surface area (Å²) in [5.74, 6) is -6.57. The molecule has 0 saturated carbocycles. The van der Waals surface area contributed by atoms with E-state index in [0.29, 0.717) is 12.0 Å². The number of benzene rings is 2. The number of nitrogens with one attached hydrogen (secondary N) is 4. The van der Waals surface area contributed by atoms with Crippen LogP contribution in [0.1, 0.15) is 79.4 Å². The molecule has 2 aromatic rings. The van der Waals surface area contributed by atoms with Gasteiger partial charge in [0.25, 0.3) is 11.8 Å². The predicted octanol–water partition coefficient (Wildman–Crippen LogP) is 2.25. The van der Waals surface area contributed by atoms with Crippen LogP contribution in [0.15, 0.2) is 36.4 Å². The summed E-state index contributed by atoms with van der Waals surface area (Å²) in [5, 5.41) is 45.7. The number of hydrogen-bond acceptors (Lipinski definition) is 10. The molecule has 2 aliphatic rings. The van der Waals surface area contributed by atoms with Gasteiger partial charge in [0.05, 0.1) is 24.8 Å². The predicted molar refractivity (Wildman–Crippen MR) is 207 cm³/mol. The van der Waals surface area contributed by atoms with E-state index < -0.39 is 85.8 Å². The molecule has 1 unspecified atom stereocenters. The molecule has 6 bridgehead atoms. The minimum atomic E-state index is -2.71. The highest BCUT2D eigenvalue weighted by Crippen LogP contribution is 2.47. The fraction of sp³-hybridized carbons (Fsp3) is 0.538. The number of anilines is 1. The zero-order chi connectivity index (χ0) is 41.2. The number of hydrogen-bond donors (Lipinski definition) is 8. The van der Waals surface area contributed by atoms with Gasteiger partial charge in [0.2, 0.25) is 23.5 Å². The third kappa shape index (κ3) is 8.46. The summed E-state index contributed by atoms with van der Waals surface area (Å²) in [4.78, 5) is 80.3. The molecule has 16 heteroatoms. The number of phenols is 1. The molecule has 55 heavy (non-hydrogen) atoms. The lowest BCUT2D eigenvalue weighted by atomic mass is 9.84. The van der Waals surface area contributed by atoms with Crippen LogP contribution >= 0.6 is 0 Å². The van der Waals surface area contributed by atoms with E-state index in [-0.39, 0.29) is 57.8 Å². The van der Waals surface area contributed by atoms with E-state index in [4.69, 9.17) is 10.2 Å². The smallest absolute Gasteiger partial charge is 0.288 e. The van der Waals surface area contributed by atoms with Gasteiger partial charge in [-0.15, -0.1) is 0 Å². The molecule has 5 amide bonds. The maximum Gasteiger partial charge on any atom is 0.288 e. The van der Waals surface area contributed by atoms with Crippen LogP contribution in [0.3, 0.4) is 0 Å². The number of carbonyl (C=O) groups excluding carboxylic acids is 6. The minimum Gasteiger partial charge on any atom is -0.507 e. The molecule has 300 valence electrons. The van der Waals surface area contributed by atoms with E-state index in [1.54, 1.807) is 19.9 Å². The highest BCUT2D eigenvalue weighted by Gasteiger charge is 2.55. The van der Waals surface area contributed by atoms with Gasteiger partial charge < -0.3 is 46.7 Å². The average molecular weight is 782 g/mol. The van der Waals surface area contributed by atoms with Gasteiger partial charge in [-0.25, -0.2) is 0 Å².